The number of carbonyl (C=O) groups is 1. The van der Waals surface area contributed by atoms with Crippen molar-refractivity contribution in [2.45, 2.75) is 32.2 Å². The fraction of sp³-hybridized carbons (Fsp3) is 0.417. The molecule has 0 saturated carbocycles. The normalized spacial score (nSPS) is 11.5. The Morgan fingerprint density at radius 1 is 1.65 bits per heavy atom. The van der Waals surface area contributed by atoms with E-state index in [2.05, 4.69) is 10.3 Å². The lowest BCUT2D eigenvalue weighted by Crippen LogP contribution is -2.16. The molecule has 5 heteroatoms. The first-order valence-corrected chi connectivity index (χ1v) is 5.46. The molecule has 0 aliphatic rings. The molecule has 0 radical (unpaired) electrons. The van der Waals surface area contributed by atoms with Crippen LogP contribution in [0.3, 0.4) is 0 Å². The van der Waals surface area contributed by atoms with Crippen LogP contribution >= 0.6 is 0 Å². The van der Waals surface area contributed by atoms with E-state index >= 15 is 0 Å². The lowest BCUT2D eigenvalue weighted by Gasteiger charge is -2.13. The fourth-order valence-electron chi connectivity index (χ4n) is 1.43. The molecule has 2 N–H and O–H groups in total. The van der Waals surface area contributed by atoms with Crippen LogP contribution in [-0.2, 0) is 4.79 Å². The van der Waals surface area contributed by atoms with Gasteiger partial charge in [-0.3, -0.25) is 4.79 Å². The molecular weight excluding hydrogens is 218 g/mol. The van der Waals surface area contributed by atoms with Gasteiger partial charge in [-0.15, -0.1) is 0 Å². The van der Waals surface area contributed by atoms with Gasteiger partial charge in [-0.1, -0.05) is 0 Å². The highest BCUT2D eigenvalue weighted by molar-refractivity contribution is 5.66. The van der Waals surface area contributed by atoms with E-state index in [-0.39, 0.29) is 12.5 Å². The van der Waals surface area contributed by atoms with Gasteiger partial charge in [0, 0.05) is 18.7 Å². The minimum atomic E-state index is -0.770. The Labute approximate surface area is 100 Å². The number of nitriles is 1. The first-order chi connectivity index (χ1) is 8.11. The molecule has 0 fully saturated rings. The van der Waals surface area contributed by atoms with E-state index in [0.717, 1.165) is 6.42 Å². The van der Waals surface area contributed by atoms with Crippen LogP contribution in [0.1, 0.15) is 31.7 Å². The number of anilines is 1. The number of rotatable bonds is 6. The summed E-state index contributed by atoms with van der Waals surface area (Å²) in [4.78, 5) is 14.4. The summed E-state index contributed by atoms with van der Waals surface area (Å²) in [6.45, 7) is 1.97. The van der Waals surface area contributed by atoms with Crippen LogP contribution in [0, 0.1) is 11.3 Å². The Balaban J connectivity index is 2.37. The largest absolute Gasteiger partial charge is 0.481 e. The van der Waals surface area contributed by atoms with Gasteiger partial charge < -0.3 is 10.4 Å². The van der Waals surface area contributed by atoms with E-state index in [9.17, 15) is 4.79 Å². The van der Waals surface area contributed by atoms with Crippen LogP contribution < -0.4 is 5.32 Å². The molecule has 0 aliphatic heterocycles. The highest BCUT2D eigenvalue weighted by atomic mass is 16.4. The molecule has 90 valence electrons. The monoisotopic (exact) mass is 233 g/mol. The number of hydrogen-bond acceptors (Lipinski definition) is 4. The standard InChI is InChI=1S/C12H15N3O2/c1-9(3-2-4-12(16)17)15-11-6-5-10(7-13)8-14-11/h5-6,8-9H,2-4H2,1H3,(H,14,15)(H,16,17). The van der Waals surface area contributed by atoms with Crippen LogP contribution in [0.5, 0.6) is 0 Å². The molecule has 1 unspecified atom stereocenters. The second kappa shape index (κ2) is 6.48. The SMILES string of the molecule is CC(CCCC(=O)O)Nc1ccc(C#N)cn1. The topological polar surface area (TPSA) is 86.0 Å². The van der Waals surface area contributed by atoms with Crippen LogP contribution in [0.4, 0.5) is 5.82 Å². The third-order valence-electron chi connectivity index (χ3n) is 2.31. The summed E-state index contributed by atoms with van der Waals surface area (Å²) in [5.74, 6) is -0.0690. The molecule has 5 nitrogen and oxygen atoms in total. The molecule has 0 spiro atoms. The van der Waals surface area contributed by atoms with Gasteiger partial charge in [0.25, 0.3) is 0 Å². The van der Waals surface area contributed by atoms with Gasteiger partial charge in [0.1, 0.15) is 11.9 Å². The molecule has 17 heavy (non-hydrogen) atoms. The average molecular weight is 233 g/mol. The average Bonchev–Trinajstić information content (AvgIpc) is 2.29. The first-order valence-electron chi connectivity index (χ1n) is 5.46. The Kier molecular flexibility index (Phi) is 4.95. The molecule has 1 atom stereocenters. The molecule has 0 saturated heterocycles. The summed E-state index contributed by atoms with van der Waals surface area (Å²) < 4.78 is 0. The van der Waals surface area contributed by atoms with Crippen molar-refractivity contribution in [1.29, 1.82) is 5.26 Å². The number of aliphatic carboxylic acids is 1. The van der Waals surface area contributed by atoms with Crippen molar-refractivity contribution in [3.63, 3.8) is 0 Å². The zero-order valence-electron chi connectivity index (χ0n) is 9.68. The van der Waals surface area contributed by atoms with E-state index in [4.69, 9.17) is 10.4 Å². The summed E-state index contributed by atoms with van der Waals surface area (Å²) in [7, 11) is 0. The summed E-state index contributed by atoms with van der Waals surface area (Å²) in [6, 6.07) is 5.60. The molecule has 1 aromatic heterocycles. The Bertz CT molecular complexity index is 409. The number of carboxylic acids is 1. The van der Waals surface area contributed by atoms with Crippen molar-refractivity contribution in [1.82, 2.24) is 4.98 Å². The molecule has 0 bridgehead atoms. The summed E-state index contributed by atoms with van der Waals surface area (Å²) >= 11 is 0. The van der Waals surface area contributed by atoms with E-state index in [1.54, 1.807) is 12.1 Å². The second-order valence-electron chi connectivity index (χ2n) is 3.88. The number of nitrogens with one attached hydrogen (secondary N) is 1. The number of pyridine rings is 1. The maximum absolute atomic E-state index is 10.3. The first kappa shape index (κ1) is 13.0. The van der Waals surface area contributed by atoms with Crippen molar-refractivity contribution in [2.75, 3.05) is 5.32 Å². The van der Waals surface area contributed by atoms with Gasteiger partial charge in [-0.25, -0.2) is 4.98 Å². The predicted molar refractivity (Wildman–Crippen MR) is 63.5 cm³/mol. The number of aromatic nitrogens is 1. The molecule has 1 heterocycles. The van der Waals surface area contributed by atoms with E-state index in [1.807, 2.05) is 13.0 Å². The third kappa shape index (κ3) is 4.98. The number of carboxylic acid groups (broad SMARTS) is 1. The minimum absolute atomic E-state index is 0.162. The zero-order chi connectivity index (χ0) is 12.7. The van der Waals surface area contributed by atoms with E-state index in [0.29, 0.717) is 17.8 Å². The quantitative estimate of drug-likeness (QED) is 0.784. The van der Waals surface area contributed by atoms with Crippen molar-refractivity contribution in [3.8, 4) is 6.07 Å². The van der Waals surface area contributed by atoms with Gasteiger partial charge in [-0.2, -0.15) is 5.26 Å². The van der Waals surface area contributed by atoms with Gasteiger partial charge >= 0.3 is 5.97 Å². The van der Waals surface area contributed by atoms with Crippen LogP contribution in [-0.4, -0.2) is 22.1 Å². The molecule has 0 aromatic carbocycles. The van der Waals surface area contributed by atoms with E-state index in [1.165, 1.54) is 6.20 Å². The Morgan fingerprint density at radius 3 is 2.94 bits per heavy atom. The highest BCUT2D eigenvalue weighted by Gasteiger charge is 2.04. The summed E-state index contributed by atoms with van der Waals surface area (Å²) in [6.07, 6.45) is 3.10. The molecular formula is C12H15N3O2. The zero-order valence-corrected chi connectivity index (χ0v) is 9.68. The number of nitrogens with zero attached hydrogens (tertiary/aromatic N) is 2. The van der Waals surface area contributed by atoms with Crippen LogP contribution in [0.2, 0.25) is 0 Å². The minimum Gasteiger partial charge on any atom is -0.481 e. The van der Waals surface area contributed by atoms with Crippen molar-refractivity contribution in [2.24, 2.45) is 0 Å². The molecule has 1 rings (SSSR count). The predicted octanol–water partition coefficient (Wildman–Crippen LogP) is 2.01. The Morgan fingerprint density at radius 2 is 2.41 bits per heavy atom. The smallest absolute Gasteiger partial charge is 0.303 e. The lowest BCUT2D eigenvalue weighted by molar-refractivity contribution is -0.137. The summed E-state index contributed by atoms with van der Waals surface area (Å²) in [5.41, 5.74) is 0.522. The highest BCUT2D eigenvalue weighted by Crippen LogP contribution is 2.09. The third-order valence-corrected chi connectivity index (χ3v) is 2.31. The van der Waals surface area contributed by atoms with Crippen LogP contribution in [0.25, 0.3) is 0 Å². The van der Waals surface area contributed by atoms with Gasteiger partial charge in [0.05, 0.1) is 5.56 Å². The molecule has 1 aromatic rings. The van der Waals surface area contributed by atoms with Crippen molar-refractivity contribution >= 4 is 11.8 Å². The lowest BCUT2D eigenvalue weighted by atomic mass is 10.1. The fourth-order valence-corrected chi connectivity index (χ4v) is 1.43. The Hall–Kier alpha value is -2.09. The second-order valence-corrected chi connectivity index (χ2v) is 3.88. The van der Waals surface area contributed by atoms with Crippen molar-refractivity contribution < 1.29 is 9.90 Å². The van der Waals surface area contributed by atoms with E-state index < -0.39 is 5.97 Å². The summed E-state index contributed by atoms with van der Waals surface area (Å²) in [5, 5.41) is 20.3. The van der Waals surface area contributed by atoms with Gasteiger partial charge in [0.15, 0.2) is 0 Å². The molecule has 0 aliphatic carbocycles. The van der Waals surface area contributed by atoms with Crippen molar-refractivity contribution in [3.05, 3.63) is 23.9 Å². The van der Waals surface area contributed by atoms with Crippen LogP contribution in [0.15, 0.2) is 18.3 Å². The maximum Gasteiger partial charge on any atom is 0.303 e. The number of hydrogen-bond donors (Lipinski definition) is 2. The van der Waals surface area contributed by atoms with Gasteiger partial charge in [0.2, 0.25) is 0 Å². The molecule has 0 amide bonds. The van der Waals surface area contributed by atoms with Gasteiger partial charge in [-0.05, 0) is 31.9 Å². The maximum atomic E-state index is 10.3.